The number of aromatic nitrogens is 2. The molecule has 3 N–H and O–H groups in total. The van der Waals surface area contributed by atoms with Gasteiger partial charge >= 0.3 is 0 Å². The Balaban J connectivity index is 1.80. The standard InChI is InChI=1S/C22H19Cl2FN4O5S/c1-3-20(35(33,34)13-9-26-11(2)27-10-13)22(32)28-17-8-19(30)18(7-15(17)24)29-21(31)12-4-5-16(25)14(23)6-12/h4-10,20,30H,3H2,1-2H3,(H,28,32)(H,29,31). The van der Waals surface area contributed by atoms with Gasteiger partial charge in [-0.25, -0.2) is 22.8 Å². The van der Waals surface area contributed by atoms with Crippen molar-refractivity contribution in [2.75, 3.05) is 10.6 Å². The Morgan fingerprint density at radius 2 is 1.71 bits per heavy atom. The lowest BCUT2D eigenvalue weighted by atomic mass is 10.2. The third-order valence-corrected chi connectivity index (χ3v) is 7.66. The minimum Gasteiger partial charge on any atom is -0.506 e. The van der Waals surface area contributed by atoms with Crippen molar-refractivity contribution in [2.45, 2.75) is 30.4 Å². The van der Waals surface area contributed by atoms with Gasteiger partial charge in [-0.05, 0) is 37.6 Å². The number of aromatic hydroxyl groups is 1. The molecule has 0 aliphatic carbocycles. The van der Waals surface area contributed by atoms with Gasteiger partial charge in [0.1, 0.15) is 27.5 Å². The average molecular weight is 541 g/mol. The molecular formula is C22H19Cl2FN4O5S. The molecule has 1 unspecified atom stereocenters. The van der Waals surface area contributed by atoms with Gasteiger partial charge in [0, 0.05) is 24.0 Å². The SMILES string of the molecule is CCC(C(=O)Nc1cc(O)c(NC(=O)c2ccc(F)c(Cl)c2)cc1Cl)S(=O)(=O)c1cnc(C)nc1. The maximum absolute atomic E-state index is 13.3. The van der Waals surface area contributed by atoms with E-state index in [1.807, 2.05) is 0 Å². The first-order valence-electron chi connectivity index (χ1n) is 10.1. The summed E-state index contributed by atoms with van der Waals surface area (Å²) in [5.41, 5.74) is -0.152. The highest BCUT2D eigenvalue weighted by Crippen LogP contribution is 2.35. The number of hydrogen-bond acceptors (Lipinski definition) is 7. The van der Waals surface area contributed by atoms with E-state index < -0.39 is 38.5 Å². The molecular weight excluding hydrogens is 522 g/mol. The van der Waals surface area contributed by atoms with Crippen molar-refractivity contribution in [1.82, 2.24) is 9.97 Å². The van der Waals surface area contributed by atoms with Crippen LogP contribution in [-0.2, 0) is 14.6 Å². The van der Waals surface area contributed by atoms with Crippen LogP contribution in [0.2, 0.25) is 10.0 Å². The normalized spacial score (nSPS) is 12.1. The van der Waals surface area contributed by atoms with Gasteiger partial charge in [0.25, 0.3) is 5.91 Å². The predicted octanol–water partition coefficient (Wildman–Crippen LogP) is 4.38. The molecule has 3 aromatic rings. The fourth-order valence-corrected chi connectivity index (χ4v) is 4.94. The number of amides is 2. The summed E-state index contributed by atoms with van der Waals surface area (Å²) in [7, 11) is -4.11. The molecule has 0 saturated carbocycles. The number of carbonyl (C=O) groups excluding carboxylic acids is 2. The summed E-state index contributed by atoms with van der Waals surface area (Å²) < 4.78 is 39.1. The minimum atomic E-state index is -4.11. The molecule has 0 spiro atoms. The number of carbonyl (C=O) groups is 2. The van der Waals surface area contributed by atoms with Gasteiger partial charge in [0.05, 0.1) is 21.4 Å². The minimum absolute atomic E-state index is 0.0281. The first kappa shape index (κ1) is 26.3. The van der Waals surface area contributed by atoms with Crippen molar-refractivity contribution in [2.24, 2.45) is 0 Å². The fraction of sp³-hybridized carbons (Fsp3) is 0.182. The van der Waals surface area contributed by atoms with Crippen molar-refractivity contribution in [3.63, 3.8) is 0 Å². The van der Waals surface area contributed by atoms with Gasteiger partial charge < -0.3 is 15.7 Å². The highest BCUT2D eigenvalue weighted by Gasteiger charge is 2.33. The maximum atomic E-state index is 13.3. The van der Waals surface area contributed by atoms with Gasteiger partial charge in [0.15, 0.2) is 9.84 Å². The second-order valence-electron chi connectivity index (χ2n) is 7.33. The largest absolute Gasteiger partial charge is 0.506 e. The highest BCUT2D eigenvalue weighted by atomic mass is 35.5. The molecule has 9 nitrogen and oxygen atoms in total. The average Bonchev–Trinajstić information content (AvgIpc) is 2.79. The van der Waals surface area contributed by atoms with Crippen molar-refractivity contribution >= 4 is 56.2 Å². The number of nitrogens with one attached hydrogen (secondary N) is 2. The number of aryl methyl sites for hydroxylation is 1. The zero-order valence-corrected chi connectivity index (χ0v) is 20.7. The van der Waals surface area contributed by atoms with Crippen molar-refractivity contribution < 1.29 is 27.5 Å². The molecule has 35 heavy (non-hydrogen) atoms. The van der Waals surface area contributed by atoms with E-state index in [0.29, 0.717) is 5.82 Å². The van der Waals surface area contributed by atoms with E-state index in [0.717, 1.165) is 30.6 Å². The van der Waals surface area contributed by atoms with Crippen molar-refractivity contribution in [3.05, 3.63) is 70.0 Å². The van der Waals surface area contributed by atoms with Crippen LogP contribution in [0.1, 0.15) is 29.5 Å². The van der Waals surface area contributed by atoms with E-state index in [1.165, 1.54) is 19.1 Å². The van der Waals surface area contributed by atoms with Crippen LogP contribution in [0.5, 0.6) is 5.75 Å². The molecule has 13 heteroatoms. The number of anilines is 2. The first-order chi connectivity index (χ1) is 16.4. The third-order valence-electron chi connectivity index (χ3n) is 4.90. The molecule has 2 amide bonds. The van der Waals surface area contributed by atoms with E-state index in [9.17, 15) is 27.5 Å². The summed E-state index contributed by atoms with van der Waals surface area (Å²) in [6, 6.07) is 5.56. The van der Waals surface area contributed by atoms with Gasteiger partial charge in [-0.1, -0.05) is 30.1 Å². The summed E-state index contributed by atoms with van der Waals surface area (Å²) in [5.74, 6) is -2.37. The highest BCUT2D eigenvalue weighted by molar-refractivity contribution is 7.92. The predicted molar refractivity (Wildman–Crippen MR) is 129 cm³/mol. The third kappa shape index (κ3) is 5.87. The van der Waals surface area contributed by atoms with Crippen LogP contribution >= 0.6 is 23.2 Å². The molecule has 3 rings (SSSR count). The van der Waals surface area contributed by atoms with E-state index in [2.05, 4.69) is 20.6 Å². The lowest BCUT2D eigenvalue weighted by Gasteiger charge is -2.17. The Bertz CT molecular complexity index is 1400. The Morgan fingerprint density at radius 1 is 1.06 bits per heavy atom. The maximum Gasteiger partial charge on any atom is 0.255 e. The summed E-state index contributed by atoms with van der Waals surface area (Å²) in [6.45, 7) is 3.12. The second-order valence-corrected chi connectivity index (χ2v) is 10.3. The summed E-state index contributed by atoms with van der Waals surface area (Å²) in [4.78, 5) is 32.7. The Hall–Kier alpha value is -3.28. The molecule has 2 aromatic carbocycles. The number of phenols is 1. The summed E-state index contributed by atoms with van der Waals surface area (Å²) in [6.07, 6.45) is 2.19. The topological polar surface area (TPSA) is 138 Å². The summed E-state index contributed by atoms with van der Waals surface area (Å²) in [5, 5.41) is 13.3. The quantitative estimate of drug-likeness (QED) is 0.378. The Kier molecular flexibility index (Phi) is 7.93. The lowest BCUT2D eigenvalue weighted by Crippen LogP contribution is -2.35. The number of nitrogens with zero attached hydrogens (tertiary/aromatic N) is 2. The van der Waals surface area contributed by atoms with Crippen LogP contribution < -0.4 is 10.6 Å². The van der Waals surface area contributed by atoms with Gasteiger partial charge in [-0.3, -0.25) is 9.59 Å². The number of phenolic OH excluding ortho intramolecular Hbond substituents is 1. The molecule has 1 heterocycles. The number of sulfone groups is 1. The van der Waals surface area contributed by atoms with Crippen molar-refractivity contribution in [3.8, 4) is 5.75 Å². The van der Waals surface area contributed by atoms with E-state index in [1.54, 1.807) is 6.92 Å². The molecule has 1 aromatic heterocycles. The molecule has 0 aliphatic rings. The van der Waals surface area contributed by atoms with Gasteiger partial charge in [-0.2, -0.15) is 0 Å². The Morgan fingerprint density at radius 3 is 2.31 bits per heavy atom. The zero-order valence-electron chi connectivity index (χ0n) is 18.3. The second kappa shape index (κ2) is 10.5. The lowest BCUT2D eigenvalue weighted by molar-refractivity contribution is -0.115. The summed E-state index contributed by atoms with van der Waals surface area (Å²) >= 11 is 11.9. The molecule has 0 saturated heterocycles. The van der Waals surface area contributed by atoms with Crippen LogP contribution in [0.15, 0.2) is 47.6 Å². The molecule has 0 bridgehead atoms. The molecule has 184 valence electrons. The van der Waals surface area contributed by atoms with E-state index >= 15 is 0 Å². The number of rotatable bonds is 7. The fourth-order valence-electron chi connectivity index (χ4n) is 3.04. The number of benzene rings is 2. The van der Waals surface area contributed by atoms with E-state index in [-0.39, 0.29) is 38.3 Å². The van der Waals surface area contributed by atoms with Crippen LogP contribution in [0.3, 0.4) is 0 Å². The van der Waals surface area contributed by atoms with E-state index in [4.69, 9.17) is 23.2 Å². The molecule has 1 atom stereocenters. The molecule has 0 fully saturated rings. The van der Waals surface area contributed by atoms with Crippen molar-refractivity contribution in [1.29, 1.82) is 0 Å². The van der Waals surface area contributed by atoms with Crippen LogP contribution in [0, 0.1) is 12.7 Å². The number of hydrogen-bond donors (Lipinski definition) is 3. The van der Waals surface area contributed by atoms with Crippen LogP contribution in [0.25, 0.3) is 0 Å². The van der Waals surface area contributed by atoms with Gasteiger partial charge in [0.2, 0.25) is 5.91 Å². The monoisotopic (exact) mass is 540 g/mol. The van der Waals surface area contributed by atoms with Crippen LogP contribution in [0.4, 0.5) is 15.8 Å². The Labute approximate surface area is 210 Å². The smallest absolute Gasteiger partial charge is 0.255 e. The van der Waals surface area contributed by atoms with Gasteiger partial charge in [-0.15, -0.1) is 0 Å². The molecule has 0 aliphatic heterocycles. The van der Waals surface area contributed by atoms with Crippen LogP contribution in [-0.4, -0.2) is 40.6 Å². The zero-order chi connectivity index (χ0) is 25.9. The first-order valence-corrected chi connectivity index (χ1v) is 12.4. The number of halogens is 3. The molecule has 0 radical (unpaired) electrons.